The molecule has 4 N–H and O–H groups in total. The second kappa shape index (κ2) is 5.32. The Bertz CT molecular complexity index is 332. The van der Waals surface area contributed by atoms with Gasteiger partial charge < -0.3 is 15.9 Å². The first kappa shape index (κ1) is 12.3. The maximum absolute atomic E-state index is 13.2. The van der Waals surface area contributed by atoms with E-state index in [0.717, 1.165) is 18.9 Å². The smallest absolute Gasteiger partial charge is 0.162 e. The number of hydrogen-bond acceptors (Lipinski definition) is 3. The Morgan fingerprint density at radius 3 is 2.60 bits per heavy atom. The monoisotopic (exact) mass is 277 g/mol. The first-order chi connectivity index (χ1) is 7.07. The summed E-state index contributed by atoms with van der Waals surface area (Å²) < 4.78 is 13.4. The number of phenolic OH excluding ortho intramolecular Hbond substituents is 2. The van der Waals surface area contributed by atoms with Gasteiger partial charge in [-0.25, -0.2) is 4.39 Å². The number of halogens is 2. The molecule has 0 amide bonds. The molecule has 0 bridgehead atoms. The van der Waals surface area contributed by atoms with E-state index in [0.29, 0.717) is 18.5 Å². The van der Waals surface area contributed by atoms with Gasteiger partial charge in [0.15, 0.2) is 11.5 Å². The second-order valence-electron chi connectivity index (χ2n) is 3.26. The SMILES string of the molecule is NCCCCc1c(O)c(O)cc(F)c1Br. The van der Waals surface area contributed by atoms with Gasteiger partial charge in [0, 0.05) is 11.6 Å². The molecule has 1 aromatic rings. The number of rotatable bonds is 4. The largest absolute Gasteiger partial charge is 0.504 e. The molecule has 0 aromatic heterocycles. The summed E-state index contributed by atoms with van der Waals surface area (Å²) in [5.41, 5.74) is 5.72. The van der Waals surface area contributed by atoms with Crippen molar-refractivity contribution in [3.63, 3.8) is 0 Å². The molecule has 0 radical (unpaired) electrons. The topological polar surface area (TPSA) is 66.5 Å². The molecule has 0 aliphatic carbocycles. The lowest BCUT2D eigenvalue weighted by Crippen LogP contribution is -2.00. The predicted molar refractivity (Wildman–Crippen MR) is 59.4 cm³/mol. The Morgan fingerprint density at radius 2 is 2.00 bits per heavy atom. The lowest BCUT2D eigenvalue weighted by Gasteiger charge is -2.09. The fourth-order valence-corrected chi connectivity index (χ4v) is 1.83. The van der Waals surface area contributed by atoms with Crippen LogP contribution in [-0.4, -0.2) is 16.8 Å². The summed E-state index contributed by atoms with van der Waals surface area (Å²) in [7, 11) is 0. The van der Waals surface area contributed by atoms with Crippen molar-refractivity contribution in [1.82, 2.24) is 0 Å². The zero-order valence-corrected chi connectivity index (χ0v) is 9.72. The zero-order valence-electron chi connectivity index (χ0n) is 8.13. The molecule has 0 heterocycles. The van der Waals surface area contributed by atoms with E-state index in [1.807, 2.05) is 0 Å². The Morgan fingerprint density at radius 1 is 1.33 bits per heavy atom. The normalized spacial score (nSPS) is 10.6. The van der Waals surface area contributed by atoms with E-state index >= 15 is 0 Å². The Hall–Kier alpha value is -0.810. The average Bonchev–Trinajstić information content (AvgIpc) is 2.20. The van der Waals surface area contributed by atoms with Gasteiger partial charge in [-0.3, -0.25) is 0 Å². The van der Waals surface area contributed by atoms with Crippen LogP contribution in [0.25, 0.3) is 0 Å². The van der Waals surface area contributed by atoms with Crippen molar-refractivity contribution in [3.05, 3.63) is 21.9 Å². The number of unbranched alkanes of at least 4 members (excludes halogenated alkanes) is 1. The van der Waals surface area contributed by atoms with E-state index in [1.54, 1.807) is 0 Å². The fraction of sp³-hybridized carbons (Fsp3) is 0.400. The highest BCUT2D eigenvalue weighted by Gasteiger charge is 2.15. The molecule has 0 aliphatic rings. The Labute approximate surface area is 95.9 Å². The summed E-state index contributed by atoms with van der Waals surface area (Å²) in [6.45, 7) is 0.555. The first-order valence-electron chi connectivity index (χ1n) is 4.66. The van der Waals surface area contributed by atoms with Crippen LogP contribution in [-0.2, 0) is 6.42 Å². The molecule has 15 heavy (non-hydrogen) atoms. The van der Waals surface area contributed by atoms with Gasteiger partial charge in [-0.1, -0.05) is 0 Å². The predicted octanol–water partition coefficient (Wildman–Crippen LogP) is 2.28. The summed E-state index contributed by atoms with van der Waals surface area (Å²) in [5.74, 6) is -1.27. The molecule has 0 saturated heterocycles. The highest BCUT2D eigenvalue weighted by molar-refractivity contribution is 9.10. The summed E-state index contributed by atoms with van der Waals surface area (Å²) >= 11 is 3.04. The zero-order chi connectivity index (χ0) is 11.4. The molecule has 5 heteroatoms. The van der Waals surface area contributed by atoms with Gasteiger partial charge in [0.1, 0.15) is 5.82 Å². The third kappa shape index (κ3) is 2.82. The van der Waals surface area contributed by atoms with Gasteiger partial charge in [0.2, 0.25) is 0 Å². The molecule has 0 spiro atoms. The molecule has 84 valence electrons. The molecule has 0 unspecified atom stereocenters. The van der Waals surface area contributed by atoms with Gasteiger partial charge in [0.05, 0.1) is 4.47 Å². The molecule has 0 fully saturated rings. The summed E-state index contributed by atoms with van der Waals surface area (Å²) in [4.78, 5) is 0. The van der Waals surface area contributed by atoms with Crippen LogP contribution < -0.4 is 5.73 Å². The van der Waals surface area contributed by atoms with Crippen molar-refractivity contribution in [2.75, 3.05) is 6.54 Å². The molecule has 3 nitrogen and oxygen atoms in total. The van der Waals surface area contributed by atoms with Crippen LogP contribution in [0.4, 0.5) is 4.39 Å². The van der Waals surface area contributed by atoms with Gasteiger partial charge >= 0.3 is 0 Å². The average molecular weight is 278 g/mol. The van der Waals surface area contributed by atoms with E-state index in [9.17, 15) is 14.6 Å². The lowest BCUT2D eigenvalue weighted by molar-refractivity contribution is 0.393. The van der Waals surface area contributed by atoms with E-state index in [4.69, 9.17) is 5.73 Å². The first-order valence-corrected chi connectivity index (χ1v) is 5.46. The van der Waals surface area contributed by atoms with Gasteiger partial charge in [-0.15, -0.1) is 0 Å². The summed E-state index contributed by atoms with van der Waals surface area (Å²) in [6, 6.07) is 0.881. The minimum absolute atomic E-state index is 0.204. The number of aromatic hydroxyl groups is 2. The van der Waals surface area contributed by atoms with Crippen LogP contribution >= 0.6 is 15.9 Å². The van der Waals surface area contributed by atoms with E-state index in [1.165, 1.54) is 0 Å². The van der Waals surface area contributed by atoms with Gasteiger partial charge in [0.25, 0.3) is 0 Å². The van der Waals surface area contributed by atoms with Gasteiger partial charge in [-0.05, 0) is 41.7 Å². The Balaban J connectivity index is 2.94. The van der Waals surface area contributed by atoms with Crippen LogP contribution in [0.2, 0.25) is 0 Å². The number of nitrogens with two attached hydrogens (primary N) is 1. The molecular formula is C10H13BrFNO2. The van der Waals surface area contributed by atoms with Crippen molar-refractivity contribution in [3.8, 4) is 11.5 Å². The molecular weight excluding hydrogens is 265 g/mol. The maximum Gasteiger partial charge on any atom is 0.162 e. The minimum Gasteiger partial charge on any atom is -0.504 e. The lowest BCUT2D eigenvalue weighted by atomic mass is 10.1. The number of hydrogen-bond donors (Lipinski definition) is 3. The number of phenols is 2. The van der Waals surface area contributed by atoms with Crippen LogP contribution in [0, 0.1) is 5.82 Å². The van der Waals surface area contributed by atoms with Crippen LogP contribution in [0.3, 0.4) is 0 Å². The van der Waals surface area contributed by atoms with Crippen LogP contribution in [0.15, 0.2) is 10.5 Å². The highest BCUT2D eigenvalue weighted by Crippen LogP contribution is 2.37. The second-order valence-corrected chi connectivity index (χ2v) is 4.06. The van der Waals surface area contributed by atoms with Crippen molar-refractivity contribution < 1.29 is 14.6 Å². The van der Waals surface area contributed by atoms with E-state index in [2.05, 4.69) is 15.9 Å². The fourth-order valence-electron chi connectivity index (χ4n) is 1.33. The third-order valence-electron chi connectivity index (χ3n) is 2.15. The molecule has 1 rings (SSSR count). The molecule has 1 aromatic carbocycles. The summed E-state index contributed by atoms with van der Waals surface area (Å²) in [6.07, 6.45) is 2.02. The van der Waals surface area contributed by atoms with Crippen LogP contribution in [0.1, 0.15) is 18.4 Å². The summed E-state index contributed by atoms with van der Waals surface area (Å²) in [5, 5.41) is 18.8. The minimum atomic E-state index is -0.576. The Kier molecular flexibility index (Phi) is 4.35. The highest BCUT2D eigenvalue weighted by atomic mass is 79.9. The van der Waals surface area contributed by atoms with E-state index in [-0.39, 0.29) is 10.2 Å². The third-order valence-corrected chi connectivity index (χ3v) is 3.00. The van der Waals surface area contributed by atoms with Gasteiger partial charge in [-0.2, -0.15) is 0 Å². The van der Waals surface area contributed by atoms with Crippen molar-refractivity contribution >= 4 is 15.9 Å². The molecule has 0 aliphatic heterocycles. The standard InChI is InChI=1S/C10H13BrFNO2/c11-9-6(3-1-2-4-13)10(15)8(14)5-7(9)12/h5,14-15H,1-4,13H2. The van der Waals surface area contributed by atoms with Crippen LogP contribution in [0.5, 0.6) is 11.5 Å². The molecule has 0 saturated carbocycles. The maximum atomic E-state index is 13.2. The van der Waals surface area contributed by atoms with E-state index < -0.39 is 11.6 Å². The molecule has 0 atom stereocenters. The van der Waals surface area contributed by atoms with Crippen molar-refractivity contribution in [1.29, 1.82) is 0 Å². The number of benzene rings is 1. The quantitative estimate of drug-likeness (QED) is 0.584. The van der Waals surface area contributed by atoms with Crippen molar-refractivity contribution in [2.45, 2.75) is 19.3 Å². The van der Waals surface area contributed by atoms with Crippen molar-refractivity contribution in [2.24, 2.45) is 5.73 Å².